The summed E-state index contributed by atoms with van der Waals surface area (Å²) in [5.74, 6) is -4.20. The number of carboxylic acids is 1. The zero-order chi connectivity index (χ0) is 51.7. The van der Waals surface area contributed by atoms with E-state index in [2.05, 4.69) is 30.1 Å². The number of hydrogen-bond donors (Lipinski definition) is 6. The lowest BCUT2D eigenvalue weighted by atomic mass is 9.81. The van der Waals surface area contributed by atoms with Crippen LogP contribution < -0.4 is 0 Å². The number of methoxy groups -OCH3 is 1. The maximum atomic E-state index is 12.9. The molecule has 394 valence electrons. The van der Waals surface area contributed by atoms with Crippen molar-refractivity contribution in [2.75, 3.05) is 26.9 Å². The average Bonchev–Trinajstić information content (AvgIpc) is 3.36. The minimum absolute atomic E-state index is 0.161. The molecule has 0 spiro atoms. The highest BCUT2D eigenvalue weighted by atomic mass is 16.8. The van der Waals surface area contributed by atoms with E-state index in [9.17, 15) is 56.8 Å². The first-order valence-corrected chi connectivity index (χ1v) is 23.2. The van der Waals surface area contributed by atoms with Crippen LogP contribution in [0.2, 0.25) is 0 Å². The van der Waals surface area contributed by atoms with Gasteiger partial charge >= 0.3 is 5.97 Å². The Labute approximate surface area is 407 Å². The second kappa shape index (κ2) is 25.5. The van der Waals surface area contributed by atoms with Crippen LogP contribution >= 0.6 is 0 Å². The van der Waals surface area contributed by atoms with Crippen LogP contribution in [0.4, 0.5) is 0 Å². The molecule has 28 heteroatoms. The Bertz CT molecular complexity index is 2060. The quantitative estimate of drug-likeness (QED) is 0.0467. The second-order valence-electron chi connectivity index (χ2n) is 18.3. The van der Waals surface area contributed by atoms with E-state index in [0.29, 0.717) is 11.8 Å². The Morgan fingerprint density at radius 3 is 1.73 bits per heavy atom. The maximum absolute atomic E-state index is 12.9. The van der Waals surface area contributed by atoms with Gasteiger partial charge in [0.2, 0.25) is 0 Å². The number of carbonyl (C=O) groups excluding carboxylic acids is 1. The highest BCUT2D eigenvalue weighted by Gasteiger charge is 2.57. The van der Waals surface area contributed by atoms with Crippen molar-refractivity contribution in [2.45, 2.75) is 164 Å². The minimum atomic E-state index is -1.88. The number of benzene rings is 1. The standard InChI is InChI=1S/C43H63N9O19/c1-17-18(2)27(47-50-44)41(63-23(17)12-53)68-33-19(3)20(4)39(71-37(33)38(59)60)69-34-25(14-55)65-42(29(30(34)57)49-52-46)70-35-26(15-56)66-43(31(58)36(35)62-16-22-10-8-7-9-11-22)67-32-21(5)28(48-51-45)40(61-6)64-24(32)13-54/h7-11,15,17-21,23-37,39-43,53-55,57-58H,12-14,16H2,1-6H3,(H,59,60)/t17-,18-,19+,20?,21+,23?,24?,25?,26?,27?,28?,29?,30+,31?,32-,33-,34+,35-,36-,37?,39+,40-,41+,42-,43-/m0/s1. The summed E-state index contributed by atoms with van der Waals surface area (Å²) in [5.41, 5.74) is 29.0. The number of hydrogen-bond acceptors (Lipinski definition) is 21. The van der Waals surface area contributed by atoms with Gasteiger partial charge in [-0.05, 0) is 45.8 Å². The Morgan fingerprint density at radius 2 is 1.14 bits per heavy atom. The number of nitrogens with zero attached hydrogens (tertiary/aromatic N) is 9. The molecule has 71 heavy (non-hydrogen) atoms. The van der Waals surface area contributed by atoms with Gasteiger partial charge in [-0.3, -0.25) is 0 Å². The van der Waals surface area contributed by atoms with E-state index in [1.807, 2.05) is 6.92 Å². The van der Waals surface area contributed by atoms with Gasteiger partial charge in [0.05, 0.1) is 56.8 Å². The summed E-state index contributed by atoms with van der Waals surface area (Å²) in [4.78, 5) is 34.4. The summed E-state index contributed by atoms with van der Waals surface area (Å²) >= 11 is 0. The van der Waals surface area contributed by atoms with Crippen molar-refractivity contribution in [1.82, 2.24) is 0 Å². The smallest absolute Gasteiger partial charge is 0.335 e. The first-order valence-electron chi connectivity index (χ1n) is 23.2. The number of aliphatic hydroxyl groups is 5. The summed E-state index contributed by atoms with van der Waals surface area (Å²) in [7, 11) is 1.32. The third kappa shape index (κ3) is 12.2. The van der Waals surface area contributed by atoms with Crippen LogP contribution in [0.15, 0.2) is 45.7 Å². The van der Waals surface area contributed by atoms with E-state index in [-0.39, 0.29) is 25.0 Å². The number of aliphatic carboxylic acids is 1. The molecule has 25 atom stereocenters. The number of aldehydes is 1. The zero-order valence-electron chi connectivity index (χ0n) is 39.7. The predicted octanol–water partition coefficient (Wildman–Crippen LogP) is 1.58. The van der Waals surface area contributed by atoms with Gasteiger partial charge in [0.1, 0.15) is 54.9 Å². The maximum Gasteiger partial charge on any atom is 0.335 e. The third-order valence-electron chi connectivity index (χ3n) is 14.3. The van der Waals surface area contributed by atoms with E-state index >= 15 is 0 Å². The molecule has 1 aromatic rings. The summed E-state index contributed by atoms with van der Waals surface area (Å²) in [5, 5.41) is 76.7. The average molecular weight is 1010 g/mol. The largest absolute Gasteiger partial charge is 0.479 e. The van der Waals surface area contributed by atoms with Gasteiger partial charge in [-0.15, -0.1) is 0 Å². The van der Waals surface area contributed by atoms with Gasteiger partial charge in [0.25, 0.3) is 0 Å². The first-order chi connectivity index (χ1) is 34.1. The van der Waals surface area contributed by atoms with Crippen molar-refractivity contribution < 1.29 is 92.3 Å². The van der Waals surface area contributed by atoms with Crippen LogP contribution in [0.3, 0.4) is 0 Å². The molecule has 5 saturated heterocycles. The molecular weight excluding hydrogens is 947 g/mol. The molecular formula is C43H63N9O19. The molecule has 6 N–H and O–H groups in total. The fourth-order valence-electron chi connectivity index (χ4n) is 9.74. The molecule has 5 aliphatic heterocycles. The van der Waals surface area contributed by atoms with Crippen molar-refractivity contribution in [2.24, 2.45) is 44.9 Å². The van der Waals surface area contributed by atoms with E-state index in [0.717, 1.165) is 0 Å². The van der Waals surface area contributed by atoms with Gasteiger partial charge in [-0.25, -0.2) is 4.79 Å². The van der Waals surface area contributed by atoms with E-state index in [1.54, 1.807) is 58.0 Å². The van der Waals surface area contributed by atoms with Gasteiger partial charge in [-0.2, -0.15) is 0 Å². The fraction of sp³-hybridized carbons (Fsp3) is 0.814. The molecule has 0 amide bonds. The third-order valence-corrected chi connectivity index (χ3v) is 14.3. The number of carbonyl (C=O) groups is 2. The Hall–Kier alpha value is -4.35. The molecule has 0 bridgehead atoms. The number of ether oxygens (including phenoxy) is 11. The van der Waals surface area contributed by atoms with Crippen molar-refractivity contribution in [3.8, 4) is 0 Å². The Kier molecular flexibility index (Phi) is 20.1. The predicted molar refractivity (Wildman–Crippen MR) is 236 cm³/mol. The molecule has 0 saturated carbocycles. The molecule has 5 fully saturated rings. The lowest BCUT2D eigenvalue weighted by Crippen LogP contribution is -2.66. The molecule has 5 heterocycles. The lowest BCUT2D eigenvalue weighted by Gasteiger charge is -2.50. The summed E-state index contributed by atoms with van der Waals surface area (Å²) < 4.78 is 66.5. The van der Waals surface area contributed by atoms with Crippen LogP contribution in [0.25, 0.3) is 31.3 Å². The monoisotopic (exact) mass is 1010 g/mol. The number of aliphatic hydroxyl groups excluding tert-OH is 5. The molecule has 0 aliphatic carbocycles. The van der Waals surface area contributed by atoms with Gasteiger partial charge in [0, 0.05) is 27.8 Å². The lowest BCUT2D eigenvalue weighted by molar-refractivity contribution is -0.368. The molecule has 0 aromatic heterocycles. The SMILES string of the molecule is CO[C@H]1OC(CO)[C@@H](O[C@@H]2OC(C=O)[C@H](O[C@@H]3OC(CO)[C@@H](O[C@@H]4OC(C(=O)O)[C@@H](O[C@H]5OC(CO)[C@@H](C)[C@H](C)C5N=[N+]=[N-])[C@H](C)C4C)[C@H](O)C3N=[N+]=[N-])[C@@H](OCc3ccccc3)C2O)[C@H](C)C1N=[N+]=[N-]. The van der Waals surface area contributed by atoms with Gasteiger partial charge in [-0.1, -0.05) is 80.3 Å². The van der Waals surface area contributed by atoms with E-state index in [4.69, 9.17) is 52.1 Å². The molecule has 5 aliphatic rings. The van der Waals surface area contributed by atoms with Gasteiger partial charge < -0.3 is 87.5 Å². The van der Waals surface area contributed by atoms with Crippen molar-refractivity contribution >= 4 is 12.3 Å². The Balaban J connectivity index is 1.23. The summed E-state index contributed by atoms with van der Waals surface area (Å²) in [6.45, 7) is 6.56. The number of carboxylic acid groups (broad SMARTS) is 1. The second-order valence-corrected chi connectivity index (χ2v) is 18.3. The summed E-state index contributed by atoms with van der Waals surface area (Å²) in [6, 6.07) is 5.15. The van der Waals surface area contributed by atoms with Crippen molar-refractivity contribution in [3.05, 3.63) is 67.2 Å². The zero-order valence-corrected chi connectivity index (χ0v) is 39.7. The number of azide groups is 3. The van der Waals surface area contributed by atoms with E-state index < -0.39 is 160 Å². The number of rotatable bonds is 20. The van der Waals surface area contributed by atoms with Crippen LogP contribution in [0.1, 0.15) is 40.2 Å². The highest BCUT2D eigenvalue weighted by molar-refractivity contribution is 5.73. The molecule has 28 nitrogen and oxygen atoms in total. The molecule has 10 unspecified atom stereocenters. The van der Waals surface area contributed by atoms with Crippen molar-refractivity contribution in [3.63, 3.8) is 0 Å². The fourth-order valence-corrected chi connectivity index (χ4v) is 9.74. The van der Waals surface area contributed by atoms with Crippen LogP contribution in [0.5, 0.6) is 0 Å². The molecule has 1 aromatic carbocycles. The minimum Gasteiger partial charge on any atom is -0.479 e. The normalized spacial score (nSPS) is 43.7. The molecule has 0 radical (unpaired) electrons. The highest BCUT2D eigenvalue weighted by Crippen LogP contribution is 2.42. The van der Waals surface area contributed by atoms with Gasteiger partial charge in [0.15, 0.2) is 43.8 Å². The van der Waals surface area contributed by atoms with Crippen LogP contribution in [-0.4, -0.2) is 193 Å². The van der Waals surface area contributed by atoms with Crippen LogP contribution in [0, 0.1) is 29.6 Å². The Morgan fingerprint density at radius 1 is 0.606 bits per heavy atom. The molecule has 6 rings (SSSR count). The van der Waals surface area contributed by atoms with Crippen LogP contribution in [-0.2, 0) is 68.3 Å². The summed E-state index contributed by atoms with van der Waals surface area (Å²) in [6.07, 6.45) is -24.3. The topological polar surface area (TPSA) is 403 Å². The van der Waals surface area contributed by atoms with E-state index in [1.165, 1.54) is 7.11 Å². The van der Waals surface area contributed by atoms with Crippen molar-refractivity contribution in [1.29, 1.82) is 0 Å². The first kappa shape index (κ1) is 56.0.